The molecule has 0 aromatic heterocycles. The van der Waals surface area contributed by atoms with E-state index in [2.05, 4.69) is 10.5 Å². The van der Waals surface area contributed by atoms with Crippen molar-refractivity contribution in [3.63, 3.8) is 0 Å². The quantitative estimate of drug-likeness (QED) is 0.351. The van der Waals surface area contributed by atoms with Crippen molar-refractivity contribution in [2.45, 2.75) is 13.5 Å². The number of nitrogens with one attached hydrogen (secondary N) is 1. The molecule has 0 saturated carbocycles. The summed E-state index contributed by atoms with van der Waals surface area (Å²) in [5, 5.41) is 14.4. The van der Waals surface area contributed by atoms with E-state index in [1.807, 2.05) is 6.92 Å². The number of nitrogens with zero attached hydrogens (tertiary/aromatic N) is 1. The van der Waals surface area contributed by atoms with Gasteiger partial charge in [-0.25, -0.2) is 8.78 Å². The molecule has 2 rings (SSSR count). The van der Waals surface area contributed by atoms with Crippen molar-refractivity contribution in [2.24, 2.45) is 10.9 Å². The number of oxime groups is 1. The van der Waals surface area contributed by atoms with Crippen LogP contribution in [0.4, 0.5) is 14.5 Å². The largest absolute Gasteiger partial charge is 0.409 e. The highest BCUT2D eigenvalue weighted by Crippen LogP contribution is 2.19. The molecule has 0 unspecified atom stereocenters. The lowest BCUT2D eigenvalue weighted by Crippen LogP contribution is -2.13. The fraction of sp³-hybridized carbons (Fsp3) is 0.133. The Hall–Kier alpha value is -2.63. The van der Waals surface area contributed by atoms with Gasteiger partial charge in [0.1, 0.15) is 0 Å². The smallest absolute Gasteiger partial charge is 0.181 e. The van der Waals surface area contributed by atoms with Crippen LogP contribution in [0.15, 0.2) is 41.6 Å². The van der Waals surface area contributed by atoms with Crippen molar-refractivity contribution in [2.75, 3.05) is 5.32 Å². The zero-order valence-electron chi connectivity index (χ0n) is 11.4. The first kappa shape index (κ1) is 14.8. The number of halogens is 2. The third-order valence-electron chi connectivity index (χ3n) is 3.17. The molecule has 0 bridgehead atoms. The average molecular weight is 291 g/mol. The second-order valence-electron chi connectivity index (χ2n) is 4.58. The molecule has 0 atom stereocenters. The van der Waals surface area contributed by atoms with Crippen molar-refractivity contribution in [1.29, 1.82) is 0 Å². The molecule has 0 aliphatic rings. The number of rotatable bonds is 4. The molecule has 0 aliphatic heterocycles. The highest BCUT2D eigenvalue weighted by Gasteiger charge is 2.08. The molecule has 0 amide bonds. The van der Waals surface area contributed by atoms with Gasteiger partial charge in [-0.15, -0.1) is 0 Å². The first-order valence-electron chi connectivity index (χ1n) is 6.28. The van der Waals surface area contributed by atoms with E-state index < -0.39 is 11.6 Å². The van der Waals surface area contributed by atoms with Crippen molar-refractivity contribution in [3.8, 4) is 0 Å². The van der Waals surface area contributed by atoms with Crippen LogP contribution in [0, 0.1) is 18.6 Å². The van der Waals surface area contributed by atoms with E-state index in [-0.39, 0.29) is 11.5 Å². The number of hydrogen-bond donors (Lipinski definition) is 3. The zero-order chi connectivity index (χ0) is 15.4. The summed E-state index contributed by atoms with van der Waals surface area (Å²) < 4.78 is 26.6. The first-order valence-corrected chi connectivity index (χ1v) is 6.28. The van der Waals surface area contributed by atoms with Crippen LogP contribution >= 0.6 is 0 Å². The third-order valence-corrected chi connectivity index (χ3v) is 3.17. The van der Waals surface area contributed by atoms with E-state index in [1.54, 1.807) is 18.2 Å². The molecule has 0 fully saturated rings. The normalized spacial score (nSPS) is 11.5. The second kappa shape index (κ2) is 6.21. The maximum Gasteiger partial charge on any atom is 0.181 e. The Kier molecular flexibility index (Phi) is 4.37. The second-order valence-corrected chi connectivity index (χ2v) is 4.58. The van der Waals surface area contributed by atoms with E-state index in [9.17, 15) is 8.78 Å². The van der Waals surface area contributed by atoms with Gasteiger partial charge < -0.3 is 16.3 Å². The van der Waals surface area contributed by atoms with Crippen molar-refractivity contribution in [3.05, 3.63) is 64.7 Å². The predicted molar refractivity (Wildman–Crippen MR) is 77.4 cm³/mol. The van der Waals surface area contributed by atoms with Crippen molar-refractivity contribution < 1.29 is 14.0 Å². The predicted octanol–water partition coefficient (Wildman–Crippen LogP) is 2.98. The summed E-state index contributed by atoms with van der Waals surface area (Å²) in [4.78, 5) is 0. The summed E-state index contributed by atoms with van der Waals surface area (Å²) in [6.45, 7) is 2.19. The van der Waals surface area contributed by atoms with Crippen LogP contribution in [-0.2, 0) is 6.54 Å². The molecule has 0 aliphatic carbocycles. The standard InChI is InChI=1S/C15H15F2N3O/c1-9-7-10(15(18)20-21)5-6-11(9)8-19-13-4-2-3-12(16)14(13)17/h2-7,19,21H,8H2,1H3,(H2,18,20). The topological polar surface area (TPSA) is 70.6 Å². The minimum atomic E-state index is -0.900. The van der Waals surface area contributed by atoms with E-state index in [0.717, 1.165) is 17.2 Å². The van der Waals surface area contributed by atoms with E-state index >= 15 is 0 Å². The van der Waals surface area contributed by atoms with Gasteiger partial charge in [-0.1, -0.05) is 23.4 Å². The molecule has 110 valence electrons. The van der Waals surface area contributed by atoms with Crippen LogP contribution in [0.1, 0.15) is 16.7 Å². The SMILES string of the molecule is Cc1cc(/C(N)=N/O)ccc1CNc1cccc(F)c1F. The monoisotopic (exact) mass is 291 g/mol. The lowest BCUT2D eigenvalue weighted by atomic mass is 10.0. The average Bonchev–Trinajstić information content (AvgIpc) is 2.49. The fourth-order valence-electron chi connectivity index (χ4n) is 1.94. The molecule has 4 N–H and O–H groups in total. The number of nitrogens with two attached hydrogens (primary N) is 1. The molecule has 2 aromatic carbocycles. The minimum Gasteiger partial charge on any atom is -0.409 e. The summed E-state index contributed by atoms with van der Waals surface area (Å²) in [6, 6.07) is 9.22. The van der Waals surface area contributed by atoms with Gasteiger partial charge in [0.05, 0.1) is 5.69 Å². The highest BCUT2D eigenvalue weighted by atomic mass is 19.2. The summed E-state index contributed by atoms with van der Waals surface area (Å²) in [5.41, 5.74) is 8.00. The molecule has 6 heteroatoms. The molecule has 0 heterocycles. The van der Waals surface area contributed by atoms with Crippen LogP contribution in [0.2, 0.25) is 0 Å². The summed E-state index contributed by atoms with van der Waals surface area (Å²) >= 11 is 0. The molecule has 0 radical (unpaired) electrons. The maximum absolute atomic E-state index is 13.5. The molecular weight excluding hydrogens is 276 g/mol. The Bertz CT molecular complexity index is 687. The third kappa shape index (κ3) is 3.28. The van der Waals surface area contributed by atoms with Gasteiger partial charge in [0.2, 0.25) is 0 Å². The van der Waals surface area contributed by atoms with Crippen LogP contribution in [0.5, 0.6) is 0 Å². The van der Waals surface area contributed by atoms with Gasteiger partial charge in [0.25, 0.3) is 0 Å². The van der Waals surface area contributed by atoms with Gasteiger partial charge in [0, 0.05) is 12.1 Å². The molecule has 2 aromatic rings. The van der Waals surface area contributed by atoms with Gasteiger partial charge in [0.15, 0.2) is 17.5 Å². The molecule has 21 heavy (non-hydrogen) atoms. The highest BCUT2D eigenvalue weighted by molar-refractivity contribution is 5.97. The Morgan fingerprint density at radius 3 is 2.71 bits per heavy atom. The van der Waals surface area contributed by atoms with Gasteiger partial charge in [-0.05, 0) is 36.2 Å². The number of anilines is 1. The van der Waals surface area contributed by atoms with Crippen LogP contribution < -0.4 is 11.1 Å². The van der Waals surface area contributed by atoms with Crippen LogP contribution in [-0.4, -0.2) is 11.0 Å². The van der Waals surface area contributed by atoms with Crippen LogP contribution in [0.25, 0.3) is 0 Å². The maximum atomic E-state index is 13.5. The lowest BCUT2D eigenvalue weighted by Gasteiger charge is -2.11. The zero-order valence-corrected chi connectivity index (χ0v) is 11.4. The van der Waals surface area contributed by atoms with Crippen molar-refractivity contribution in [1.82, 2.24) is 0 Å². The first-order chi connectivity index (χ1) is 10.0. The number of benzene rings is 2. The minimum absolute atomic E-state index is 0.0220. The van der Waals surface area contributed by atoms with Gasteiger partial charge >= 0.3 is 0 Å². The number of amidine groups is 1. The Labute approximate surface area is 120 Å². The Balaban J connectivity index is 2.15. The van der Waals surface area contributed by atoms with E-state index in [1.165, 1.54) is 12.1 Å². The molecular formula is C15H15F2N3O. The summed E-state index contributed by atoms with van der Waals surface area (Å²) in [7, 11) is 0. The van der Waals surface area contributed by atoms with Gasteiger partial charge in [-0.2, -0.15) is 0 Å². The Morgan fingerprint density at radius 1 is 1.29 bits per heavy atom. The summed E-state index contributed by atoms with van der Waals surface area (Å²) in [6.07, 6.45) is 0. The number of aryl methyl sites for hydroxylation is 1. The molecule has 0 spiro atoms. The van der Waals surface area contributed by atoms with E-state index in [0.29, 0.717) is 12.1 Å². The molecule has 4 nitrogen and oxygen atoms in total. The lowest BCUT2D eigenvalue weighted by molar-refractivity contribution is 0.318. The van der Waals surface area contributed by atoms with Crippen molar-refractivity contribution >= 4 is 11.5 Å². The molecule has 0 saturated heterocycles. The number of hydrogen-bond acceptors (Lipinski definition) is 3. The van der Waals surface area contributed by atoms with Crippen LogP contribution in [0.3, 0.4) is 0 Å². The fourth-order valence-corrected chi connectivity index (χ4v) is 1.94. The Morgan fingerprint density at radius 2 is 2.05 bits per heavy atom. The van der Waals surface area contributed by atoms with E-state index in [4.69, 9.17) is 10.9 Å². The summed E-state index contributed by atoms with van der Waals surface area (Å²) in [5.74, 6) is -1.77. The van der Waals surface area contributed by atoms with Gasteiger partial charge in [-0.3, -0.25) is 0 Å².